The minimum atomic E-state index is -2.08. The normalized spacial score (nSPS) is 11.8. The molecule has 0 radical (unpaired) electrons. The zero-order chi connectivity index (χ0) is 16.8. The van der Waals surface area contributed by atoms with Crippen molar-refractivity contribution in [3.8, 4) is 0 Å². The van der Waals surface area contributed by atoms with Gasteiger partial charge < -0.3 is 9.53 Å². The molecule has 0 amide bonds. The summed E-state index contributed by atoms with van der Waals surface area (Å²) in [5, 5.41) is 8.61. The summed E-state index contributed by atoms with van der Waals surface area (Å²) in [6.07, 6.45) is 9.97. The Morgan fingerprint density at radius 3 is 1.95 bits per heavy atom. The quantitative estimate of drug-likeness (QED) is 0.296. The van der Waals surface area contributed by atoms with Gasteiger partial charge in [-0.15, -0.1) is 0 Å². The zero-order valence-corrected chi connectivity index (χ0v) is 15.4. The van der Waals surface area contributed by atoms with Crippen LogP contribution in [0.2, 0.25) is 18.1 Å². The molecule has 0 saturated heterocycles. The molecule has 0 aromatic rings. The predicted molar refractivity (Wildman–Crippen MR) is 92.4 cm³/mol. The maximum Gasteiger partial charge on any atom is 0.328 e. The molecule has 0 heterocycles. The molecule has 0 saturated carbocycles. The minimum absolute atomic E-state index is 0.482. The predicted octanol–water partition coefficient (Wildman–Crippen LogP) is 4.91. The molecule has 0 bridgehead atoms. The average molecular weight is 329 g/mol. The number of carbonyl (C=O) groups excluding carboxylic acids is 1. The summed E-state index contributed by atoms with van der Waals surface area (Å²) in [5.74, 6) is -1.60. The van der Waals surface area contributed by atoms with Crippen molar-refractivity contribution in [3.05, 3.63) is 12.2 Å². The van der Waals surface area contributed by atoms with Crippen molar-refractivity contribution in [2.75, 3.05) is 0 Å². The summed E-state index contributed by atoms with van der Waals surface area (Å²) in [6.45, 7) is 6.44. The van der Waals surface area contributed by atoms with Crippen molar-refractivity contribution in [1.82, 2.24) is 0 Å². The fraction of sp³-hybridized carbons (Fsp3) is 0.765. The van der Waals surface area contributed by atoms with Gasteiger partial charge in [0.25, 0.3) is 8.32 Å². The molecule has 0 aliphatic rings. The first kappa shape index (κ1) is 20.9. The van der Waals surface area contributed by atoms with Crippen molar-refractivity contribution in [1.29, 1.82) is 0 Å². The van der Waals surface area contributed by atoms with Crippen molar-refractivity contribution < 1.29 is 19.1 Å². The maximum atomic E-state index is 11.9. The third-order valence-corrected chi connectivity index (χ3v) is 8.55. The molecule has 4 nitrogen and oxygen atoms in total. The van der Waals surface area contributed by atoms with Crippen molar-refractivity contribution >= 4 is 20.3 Å². The Labute approximate surface area is 136 Å². The SMILES string of the molecule is CCCCCCC[Si](CCC)(CCC)OC(=O)/C=C\C(=O)O. The lowest BCUT2D eigenvalue weighted by molar-refractivity contribution is -0.133. The molecule has 0 aromatic heterocycles. The lowest BCUT2D eigenvalue weighted by Crippen LogP contribution is -2.39. The Balaban J connectivity index is 4.68. The van der Waals surface area contributed by atoms with E-state index in [0.717, 1.165) is 49.5 Å². The lowest BCUT2D eigenvalue weighted by Gasteiger charge is -2.30. The Bertz CT molecular complexity index is 347. The van der Waals surface area contributed by atoms with E-state index < -0.39 is 20.3 Å². The molecule has 0 atom stereocenters. The van der Waals surface area contributed by atoms with Gasteiger partial charge in [-0.2, -0.15) is 0 Å². The Morgan fingerprint density at radius 1 is 0.864 bits per heavy atom. The number of carbonyl (C=O) groups is 2. The molecule has 0 rings (SSSR count). The van der Waals surface area contributed by atoms with E-state index in [1.54, 1.807) is 0 Å². The third-order valence-electron chi connectivity index (χ3n) is 3.83. The molecular weight excluding hydrogens is 296 g/mol. The molecule has 22 heavy (non-hydrogen) atoms. The monoisotopic (exact) mass is 328 g/mol. The molecule has 0 fully saturated rings. The number of hydrogen-bond donors (Lipinski definition) is 1. The van der Waals surface area contributed by atoms with E-state index in [9.17, 15) is 9.59 Å². The van der Waals surface area contributed by atoms with E-state index in [-0.39, 0.29) is 0 Å². The second-order valence-corrected chi connectivity index (χ2v) is 10.0. The van der Waals surface area contributed by atoms with Crippen LogP contribution in [0, 0.1) is 0 Å². The molecule has 0 aromatic carbocycles. The van der Waals surface area contributed by atoms with E-state index in [1.165, 1.54) is 25.7 Å². The molecule has 5 heteroatoms. The highest BCUT2D eigenvalue weighted by atomic mass is 28.4. The first-order valence-electron chi connectivity index (χ1n) is 8.63. The van der Waals surface area contributed by atoms with Gasteiger partial charge in [0, 0.05) is 12.2 Å². The summed E-state index contributed by atoms with van der Waals surface area (Å²) in [4.78, 5) is 22.4. The van der Waals surface area contributed by atoms with Crippen molar-refractivity contribution in [2.45, 2.75) is 83.8 Å². The summed E-state index contributed by atoms with van der Waals surface area (Å²) < 4.78 is 5.83. The highest BCUT2D eigenvalue weighted by Gasteiger charge is 2.35. The van der Waals surface area contributed by atoms with Gasteiger partial charge in [-0.1, -0.05) is 65.7 Å². The number of carboxylic acids is 1. The van der Waals surface area contributed by atoms with Gasteiger partial charge in [-0.3, -0.25) is 0 Å². The van der Waals surface area contributed by atoms with Crippen LogP contribution in [0.1, 0.15) is 65.7 Å². The fourth-order valence-electron chi connectivity index (χ4n) is 2.88. The third kappa shape index (κ3) is 9.76. The van der Waals surface area contributed by atoms with Crippen LogP contribution in [0.25, 0.3) is 0 Å². The number of carboxylic acid groups (broad SMARTS) is 1. The second-order valence-electron chi connectivity index (χ2n) is 5.94. The van der Waals surface area contributed by atoms with Crippen LogP contribution in [0.5, 0.6) is 0 Å². The highest BCUT2D eigenvalue weighted by Crippen LogP contribution is 2.29. The van der Waals surface area contributed by atoms with Crippen LogP contribution in [0.3, 0.4) is 0 Å². The molecule has 1 N–H and O–H groups in total. The maximum absolute atomic E-state index is 11.9. The number of aliphatic carboxylic acids is 1. The molecule has 0 spiro atoms. The Morgan fingerprint density at radius 2 is 1.45 bits per heavy atom. The molecule has 0 aliphatic carbocycles. The summed E-state index contributed by atoms with van der Waals surface area (Å²) in [5.41, 5.74) is 0. The van der Waals surface area contributed by atoms with Crippen molar-refractivity contribution in [3.63, 3.8) is 0 Å². The smallest absolute Gasteiger partial charge is 0.328 e. The van der Waals surface area contributed by atoms with E-state index in [0.29, 0.717) is 0 Å². The van der Waals surface area contributed by atoms with Crippen LogP contribution < -0.4 is 0 Å². The van der Waals surface area contributed by atoms with Gasteiger partial charge in [0.05, 0.1) is 0 Å². The molecular formula is C17H32O4Si. The van der Waals surface area contributed by atoms with E-state index in [1.807, 2.05) is 0 Å². The van der Waals surface area contributed by atoms with Crippen LogP contribution in [-0.2, 0) is 14.0 Å². The average Bonchev–Trinajstić information content (AvgIpc) is 2.45. The van der Waals surface area contributed by atoms with Crippen LogP contribution in [-0.4, -0.2) is 25.4 Å². The topological polar surface area (TPSA) is 63.6 Å². The van der Waals surface area contributed by atoms with Gasteiger partial charge in [0.2, 0.25) is 0 Å². The fourth-order valence-corrected chi connectivity index (χ4v) is 7.14. The lowest BCUT2D eigenvalue weighted by atomic mass is 10.2. The van der Waals surface area contributed by atoms with Crippen molar-refractivity contribution in [2.24, 2.45) is 0 Å². The van der Waals surface area contributed by atoms with Crippen LogP contribution in [0.4, 0.5) is 0 Å². The number of unbranched alkanes of at least 4 members (excludes halogenated alkanes) is 4. The molecule has 0 aliphatic heterocycles. The van der Waals surface area contributed by atoms with E-state index >= 15 is 0 Å². The summed E-state index contributed by atoms with van der Waals surface area (Å²) >= 11 is 0. The largest absolute Gasteiger partial charge is 0.516 e. The minimum Gasteiger partial charge on any atom is -0.516 e. The second kappa shape index (κ2) is 12.4. The Hall–Kier alpha value is -1.10. The first-order valence-corrected chi connectivity index (χ1v) is 11.2. The van der Waals surface area contributed by atoms with Gasteiger partial charge >= 0.3 is 11.9 Å². The summed E-state index contributed by atoms with van der Waals surface area (Å²) in [7, 11) is -2.08. The van der Waals surface area contributed by atoms with E-state index in [2.05, 4.69) is 20.8 Å². The summed E-state index contributed by atoms with van der Waals surface area (Å²) in [6, 6.07) is 2.95. The van der Waals surface area contributed by atoms with Gasteiger partial charge in [0.15, 0.2) is 0 Å². The van der Waals surface area contributed by atoms with Gasteiger partial charge in [0.1, 0.15) is 0 Å². The molecule has 128 valence electrons. The highest BCUT2D eigenvalue weighted by molar-refractivity contribution is 6.75. The van der Waals surface area contributed by atoms with E-state index in [4.69, 9.17) is 9.53 Å². The standard InChI is InChI=1S/C17H32O4Si/c1-4-7-8-9-10-15-22(13-5-2,14-6-3)21-17(20)12-11-16(18)19/h11-12H,4-10,13-15H2,1-3H3,(H,18,19)/b12-11-. The Kier molecular flexibility index (Phi) is 11.8. The molecule has 0 unspecified atom stereocenters. The number of rotatable bonds is 13. The van der Waals surface area contributed by atoms with Crippen LogP contribution in [0.15, 0.2) is 12.2 Å². The zero-order valence-electron chi connectivity index (χ0n) is 14.4. The first-order chi connectivity index (χ1) is 10.5. The van der Waals surface area contributed by atoms with Gasteiger partial charge in [-0.25, -0.2) is 9.59 Å². The number of hydrogen-bond acceptors (Lipinski definition) is 3. The van der Waals surface area contributed by atoms with Crippen LogP contribution >= 0.6 is 0 Å². The van der Waals surface area contributed by atoms with Gasteiger partial charge in [-0.05, 0) is 18.1 Å².